The number of benzene rings is 2. The van der Waals surface area contributed by atoms with Crippen LogP contribution in [0.15, 0.2) is 36.4 Å². The number of anilines is 1. The van der Waals surface area contributed by atoms with E-state index in [1.54, 1.807) is 0 Å². The van der Waals surface area contributed by atoms with Gasteiger partial charge in [0.2, 0.25) is 0 Å². The van der Waals surface area contributed by atoms with Gasteiger partial charge in [0.1, 0.15) is 11.6 Å². The van der Waals surface area contributed by atoms with Gasteiger partial charge in [-0.25, -0.2) is 8.78 Å². The zero-order chi connectivity index (χ0) is 14.5. The van der Waals surface area contributed by atoms with Crippen LogP contribution in [0, 0.1) is 11.6 Å². The summed E-state index contributed by atoms with van der Waals surface area (Å²) < 4.78 is 37.2. The van der Waals surface area contributed by atoms with E-state index in [4.69, 9.17) is 15.2 Å². The van der Waals surface area contributed by atoms with Crippen molar-refractivity contribution in [3.05, 3.63) is 48.0 Å². The Morgan fingerprint density at radius 3 is 2.40 bits per heavy atom. The van der Waals surface area contributed by atoms with Crippen molar-refractivity contribution < 1.29 is 18.3 Å². The van der Waals surface area contributed by atoms with Gasteiger partial charge in [0, 0.05) is 12.1 Å². The van der Waals surface area contributed by atoms with Crippen molar-refractivity contribution in [1.29, 1.82) is 0 Å². The fourth-order valence-electron chi connectivity index (χ4n) is 1.59. The molecule has 0 unspecified atom stereocenters. The summed E-state index contributed by atoms with van der Waals surface area (Å²) in [6, 6.07) is 8.00. The molecule has 0 aliphatic carbocycles. The van der Waals surface area contributed by atoms with Crippen molar-refractivity contribution in [3.8, 4) is 17.2 Å². The minimum Gasteiger partial charge on any atom is -0.490 e. The quantitative estimate of drug-likeness (QED) is 0.837. The van der Waals surface area contributed by atoms with Crippen LogP contribution >= 0.6 is 0 Å². The van der Waals surface area contributed by atoms with Crippen molar-refractivity contribution in [3.63, 3.8) is 0 Å². The highest BCUT2D eigenvalue weighted by molar-refractivity contribution is 5.57. The summed E-state index contributed by atoms with van der Waals surface area (Å²) >= 11 is 0. The predicted octanol–water partition coefficient (Wildman–Crippen LogP) is 4.13. The van der Waals surface area contributed by atoms with Crippen LogP contribution in [0.2, 0.25) is 0 Å². The van der Waals surface area contributed by atoms with E-state index < -0.39 is 5.82 Å². The van der Waals surface area contributed by atoms with Crippen molar-refractivity contribution in [2.75, 3.05) is 12.3 Å². The molecule has 0 radical (unpaired) electrons. The lowest BCUT2D eigenvalue weighted by Crippen LogP contribution is -2.00. The number of ether oxygens (including phenoxy) is 2. The Bertz CT molecular complexity index is 585. The van der Waals surface area contributed by atoms with E-state index in [-0.39, 0.29) is 23.0 Å². The molecule has 106 valence electrons. The third-order valence-corrected chi connectivity index (χ3v) is 2.57. The fraction of sp³-hybridized carbons (Fsp3) is 0.200. The van der Waals surface area contributed by atoms with Gasteiger partial charge in [0.25, 0.3) is 0 Å². The second kappa shape index (κ2) is 6.23. The zero-order valence-corrected chi connectivity index (χ0v) is 11.0. The molecule has 0 heterocycles. The maximum absolute atomic E-state index is 13.6. The molecule has 5 heteroatoms. The second-order valence-electron chi connectivity index (χ2n) is 4.22. The number of hydrogen-bond donors (Lipinski definition) is 1. The molecule has 0 fully saturated rings. The van der Waals surface area contributed by atoms with Crippen LogP contribution in [-0.4, -0.2) is 6.61 Å². The predicted molar refractivity (Wildman–Crippen MR) is 73.1 cm³/mol. The molecule has 0 spiro atoms. The standard InChI is InChI=1S/C15H15F2NO2/c1-2-7-19-14-9-15(13(18)8-12(14)17)20-11-5-3-10(16)4-6-11/h3-6,8-9H,2,7,18H2,1H3. The van der Waals surface area contributed by atoms with E-state index in [2.05, 4.69) is 0 Å². The van der Waals surface area contributed by atoms with Gasteiger partial charge in [-0.1, -0.05) is 6.92 Å². The first-order valence-corrected chi connectivity index (χ1v) is 6.25. The Morgan fingerprint density at radius 1 is 1.05 bits per heavy atom. The highest BCUT2D eigenvalue weighted by atomic mass is 19.1. The largest absolute Gasteiger partial charge is 0.490 e. The molecule has 2 aromatic carbocycles. The first kappa shape index (κ1) is 14.1. The van der Waals surface area contributed by atoms with Crippen LogP contribution < -0.4 is 15.2 Å². The number of rotatable bonds is 5. The summed E-state index contributed by atoms with van der Waals surface area (Å²) in [4.78, 5) is 0. The van der Waals surface area contributed by atoms with Crippen LogP contribution in [0.25, 0.3) is 0 Å². The third-order valence-electron chi connectivity index (χ3n) is 2.57. The molecular weight excluding hydrogens is 264 g/mol. The van der Waals surface area contributed by atoms with Gasteiger partial charge in [-0.05, 0) is 30.7 Å². The molecule has 2 aromatic rings. The average Bonchev–Trinajstić information content (AvgIpc) is 2.43. The topological polar surface area (TPSA) is 44.5 Å². The highest BCUT2D eigenvalue weighted by Gasteiger charge is 2.11. The smallest absolute Gasteiger partial charge is 0.167 e. The van der Waals surface area contributed by atoms with Crippen LogP contribution in [0.5, 0.6) is 17.2 Å². The van der Waals surface area contributed by atoms with Gasteiger partial charge in [-0.3, -0.25) is 0 Å². The Labute approximate surface area is 115 Å². The maximum Gasteiger partial charge on any atom is 0.167 e. The van der Waals surface area contributed by atoms with Crippen LogP contribution in [0.1, 0.15) is 13.3 Å². The third kappa shape index (κ3) is 3.38. The molecule has 0 atom stereocenters. The van der Waals surface area contributed by atoms with Crippen molar-refractivity contribution in [2.24, 2.45) is 0 Å². The summed E-state index contributed by atoms with van der Waals surface area (Å²) in [5, 5.41) is 0. The SMILES string of the molecule is CCCOc1cc(Oc2ccc(F)cc2)c(N)cc1F. The highest BCUT2D eigenvalue weighted by Crippen LogP contribution is 2.33. The molecule has 20 heavy (non-hydrogen) atoms. The molecule has 0 amide bonds. The average molecular weight is 279 g/mol. The van der Waals surface area contributed by atoms with E-state index in [9.17, 15) is 8.78 Å². The van der Waals surface area contributed by atoms with Crippen LogP contribution in [0.3, 0.4) is 0 Å². The van der Waals surface area contributed by atoms with Gasteiger partial charge in [-0.2, -0.15) is 0 Å². The summed E-state index contributed by atoms with van der Waals surface area (Å²) in [5.74, 6) is -0.146. The molecule has 2 rings (SSSR count). The molecule has 3 nitrogen and oxygen atoms in total. The molecule has 0 saturated carbocycles. The molecule has 0 aliphatic heterocycles. The van der Waals surface area contributed by atoms with E-state index >= 15 is 0 Å². The molecular formula is C15H15F2NO2. The van der Waals surface area contributed by atoms with E-state index in [1.165, 1.54) is 30.3 Å². The van der Waals surface area contributed by atoms with Crippen LogP contribution in [-0.2, 0) is 0 Å². The molecule has 0 aliphatic rings. The number of nitrogen functional groups attached to an aromatic ring is 1. The lowest BCUT2D eigenvalue weighted by atomic mass is 10.2. The number of halogens is 2. The van der Waals surface area contributed by atoms with Crippen molar-refractivity contribution >= 4 is 5.69 Å². The Kier molecular flexibility index (Phi) is 4.40. The molecule has 0 aromatic heterocycles. The first-order valence-electron chi connectivity index (χ1n) is 6.25. The van der Waals surface area contributed by atoms with Crippen molar-refractivity contribution in [2.45, 2.75) is 13.3 Å². The minimum atomic E-state index is -0.539. The van der Waals surface area contributed by atoms with Crippen LogP contribution in [0.4, 0.5) is 14.5 Å². The van der Waals surface area contributed by atoms with Gasteiger partial charge in [0.15, 0.2) is 17.3 Å². The Balaban J connectivity index is 2.24. The minimum absolute atomic E-state index is 0.0816. The summed E-state index contributed by atoms with van der Waals surface area (Å²) in [6.45, 7) is 2.32. The summed E-state index contributed by atoms with van der Waals surface area (Å²) in [5.41, 5.74) is 5.85. The first-order chi connectivity index (χ1) is 9.60. The lowest BCUT2D eigenvalue weighted by molar-refractivity contribution is 0.299. The summed E-state index contributed by atoms with van der Waals surface area (Å²) in [7, 11) is 0. The summed E-state index contributed by atoms with van der Waals surface area (Å²) in [6.07, 6.45) is 0.762. The Hall–Kier alpha value is -2.30. The van der Waals surface area contributed by atoms with Crippen molar-refractivity contribution in [1.82, 2.24) is 0 Å². The van der Waals surface area contributed by atoms with E-state index in [1.807, 2.05) is 6.92 Å². The van der Waals surface area contributed by atoms with Gasteiger partial charge in [-0.15, -0.1) is 0 Å². The van der Waals surface area contributed by atoms with E-state index in [0.29, 0.717) is 12.4 Å². The fourth-order valence-corrected chi connectivity index (χ4v) is 1.59. The molecule has 0 saturated heterocycles. The number of nitrogens with two attached hydrogens (primary N) is 1. The maximum atomic E-state index is 13.6. The normalized spacial score (nSPS) is 10.3. The van der Waals surface area contributed by atoms with E-state index in [0.717, 1.165) is 12.5 Å². The lowest BCUT2D eigenvalue weighted by Gasteiger charge is -2.12. The second-order valence-corrected chi connectivity index (χ2v) is 4.22. The van der Waals surface area contributed by atoms with Gasteiger partial charge < -0.3 is 15.2 Å². The van der Waals surface area contributed by atoms with Gasteiger partial charge >= 0.3 is 0 Å². The number of hydrogen-bond acceptors (Lipinski definition) is 3. The van der Waals surface area contributed by atoms with Gasteiger partial charge in [0.05, 0.1) is 12.3 Å². The molecule has 2 N–H and O–H groups in total. The Morgan fingerprint density at radius 2 is 1.75 bits per heavy atom. The zero-order valence-electron chi connectivity index (χ0n) is 11.0. The monoisotopic (exact) mass is 279 g/mol. The molecule has 0 bridgehead atoms.